The Balaban J connectivity index is 1.52. The molecule has 0 saturated carbocycles. The summed E-state index contributed by atoms with van der Waals surface area (Å²) in [6, 6.07) is 24.0. The molecule has 3 aliphatic heterocycles. The first kappa shape index (κ1) is 23.2. The molecule has 4 nitrogen and oxygen atoms in total. The van der Waals surface area contributed by atoms with Crippen molar-refractivity contribution < 1.29 is 9.59 Å². The second-order valence-electron chi connectivity index (χ2n) is 9.15. The number of carbonyl (C=O) groups excluding carboxylic acids is 2. The molecule has 1 unspecified atom stereocenters. The quantitative estimate of drug-likeness (QED) is 0.346. The third kappa shape index (κ3) is 3.67. The average Bonchev–Trinajstić information content (AvgIpc) is 3.52. The number of para-hydroxylation sites is 1. The van der Waals surface area contributed by atoms with Gasteiger partial charge in [-0.3, -0.25) is 14.5 Å². The van der Waals surface area contributed by atoms with Gasteiger partial charge in [-0.25, -0.2) is 0 Å². The van der Waals surface area contributed by atoms with E-state index >= 15 is 0 Å². The number of thioether (sulfide) groups is 1. The van der Waals surface area contributed by atoms with Crippen molar-refractivity contribution >= 4 is 67.1 Å². The maximum Gasteiger partial charge on any atom is 0.250 e. The molecular weight excluding hydrogens is 588 g/mol. The molecule has 6 rings (SSSR count). The number of hydrogen-bond donors (Lipinski definition) is 1. The lowest BCUT2D eigenvalue weighted by Crippen LogP contribution is -2.52. The number of nitrogens with zero attached hydrogens (tertiary/aromatic N) is 1. The Bertz CT molecular complexity index is 1340. The number of nitrogens with one attached hydrogen (secondary N) is 1. The molecule has 1 amide bonds. The molecule has 7 heteroatoms. The van der Waals surface area contributed by atoms with Crippen LogP contribution in [-0.4, -0.2) is 34.3 Å². The van der Waals surface area contributed by atoms with Crippen LogP contribution in [0, 0.1) is 5.92 Å². The normalized spacial score (nSPS) is 27.4. The highest BCUT2D eigenvalue weighted by Gasteiger charge is 2.69. The molecule has 4 atom stereocenters. The van der Waals surface area contributed by atoms with Gasteiger partial charge in [0.2, 0.25) is 5.91 Å². The smallest absolute Gasteiger partial charge is 0.250 e. The van der Waals surface area contributed by atoms with Crippen molar-refractivity contribution in [2.75, 3.05) is 16.9 Å². The van der Waals surface area contributed by atoms with Gasteiger partial charge in [0.1, 0.15) is 5.54 Å². The van der Waals surface area contributed by atoms with Gasteiger partial charge in [-0.15, -0.1) is 11.8 Å². The van der Waals surface area contributed by atoms with Gasteiger partial charge >= 0.3 is 0 Å². The van der Waals surface area contributed by atoms with E-state index in [1.54, 1.807) is 6.08 Å². The lowest BCUT2D eigenvalue weighted by atomic mass is 9.70. The molecule has 3 heterocycles. The maximum atomic E-state index is 14.2. The van der Waals surface area contributed by atoms with Crippen molar-refractivity contribution in [2.45, 2.75) is 17.5 Å². The molecule has 3 aliphatic rings. The number of allylic oxidation sites excluding steroid dienone is 1. The third-order valence-electron chi connectivity index (χ3n) is 7.40. The van der Waals surface area contributed by atoms with E-state index in [9.17, 15) is 9.59 Å². The molecular formula is C28H22Br2N2O2S. The Labute approximate surface area is 225 Å². The Hall–Kier alpha value is -2.19. The van der Waals surface area contributed by atoms with Crippen LogP contribution in [0.15, 0.2) is 87.8 Å². The van der Waals surface area contributed by atoms with Crippen LogP contribution in [-0.2, 0) is 15.1 Å². The number of fused-ring (bicyclic) bond motifs is 4. The lowest BCUT2D eigenvalue weighted by Gasteiger charge is -2.36. The van der Waals surface area contributed by atoms with Crippen molar-refractivity contribution in [2.24, 2.45) is 5.92 Å². The molecule has 3 aromatic carbocycles. The number of amides is 1. The van der Waals surface area contributed by atoms with Crippen molar-refractivity contribution in [1.82, 2.24) is 4.90 Å². The second kappa shape index (κ2) is 9.04. The zero-order chi connectivity index (χ0) is 24.2. The summed E-state index contributed by atoms with van der Waals surface area (Å²) in [6.07, 6.45) is 3.53. The Morgan fingerprint density at radius 3 is 2.43 bits per heavy atom. The minimum absolute atomic E-state index is 0.0212. The van der Waals surface area contributed by atoms with Gasteiger partial charge in [0.25, 0.3) is 0 Å². The summed E-state index contributed by atoms with van der Waals surface area (Å²) in [5, 5.41) is 3.11. The predicted octanol–water partition coefficient (Wildman–Crippen LogP) is 6.43. The minimum atomic E-state index is -1.02. The average molecular weight is 610 g/mol. The van der Waals surface area contributed by atoms with Crippen LogP contribution in [0.25, 0.3) is 6.08 Å². The van der Waals surface area contributed by atoms with Crippen LogP contribution in [0.1, 0.15) is 22.6 Å². The largest absolute Gasteiger partial charge is 0.324 e. The number of ketones is 1. The highest BCUT2D eigenvalue weighted by Crippen LogP contribution is 2.60. The van der Waals surface area contributed by atoms with Crippen LogP contribution in [0.5, 0.6) is 0 Å². The Morgan fingerprint density at radius 1 is 1.00 bits per heavy atom. The highest BCUT2D eigenvalue weighted by molar-refractivity contribution is 9.10. The topological polar surface area (TPSA) is 49.4 Å². The maximum absolute atomic E-state index is 14.2. The summed E-state index contributed by atoms with van der Waals surface area (Å²) >= 11 is 8.84. The number of anilines is 1. The van der Waals surface area contributed by atoms with E-state index in [4.69, 9.17) is 0 Å². The SMILES string of the molecule is O=C(/C=C/c1ccc(Br)cc1)[C@H]1[C@H](c2ccc(Br)cc2)C2CSCN2[C@]12C(=O)Nc1ccccc12. The number of hydrogen-bond acceptors (Lipinski definition) is 4. The van der Waals surface area contributed by atoms with Crippen LogP contribution >= 0.6 is 43.6 Å². The van der Waals surface area contributed by atoms with Crippen molar-refractivity contribution in [3.63, 3.8) is 0 Å². The second-order valence-corrected chi connectivity index (χ2v) is 12.0. The Morgan fingerprint density at radius 2 is 1.69 bits per heavy atom. The first-order valence-electron chi connectivity index (χ1n) is 11.5. The zero-order valence-electron chi connectivity index (χ0n) is 18.7. The molecule has 176 valence electrons. The number of rotatable bonds is 4. The lowest BCUT2D eigenvalue weighted by molar-refractivity contribution is -0.134. The first-order chi connectivity index (χ1) is 17.0. The fraction of sp³-hybridized carbons (Fsp3) is 0.214. The molecule has 0 bridgehead atoms. The van der Waals surface area contributed by atoms with Gasteiger partial charge in [0.15, 0.2) is 5.78 Å². The van der Waals surface area contributed by atoms with E-state index in [0.29, 0.717) is 0 Å². The van der Waals surface area contributed by atoms with E-state index in [0.717, 1.165) is 43.0 Å². The van der Waals surface area contributed by atoms with Crippen LogP contribution in [0.2, 0.25) is 0 Å². The van der Waals surface area contributed by atoms with Crippen LogP contribution in [0.3, 0.4) is 0 Å². The van der Waals surface area contributed by atoms with Gasteiger partial charge in [-0.2, -0.15) is 0 Å². The van der Waals surface area contributed by atoms with Gasteiger partial charge in [0, 0.05) is 43.8 Å². The summed E-state index contributed by atoms with van der Waals surface area (Å²) < 4.78 is 1.98. The standard InChI is InChI=1S/C28H22Br2N2O2S/c29-19-10-5-17(6-11-19)7-14-24(33)26-25(18-8-12-20(30)13-9-18)23-15-35-16-32(23)28(26)21-3-1-2-4-22(21)31-27(28)34/h1-14,23,25-26H,15-16H2,(H,31,34)/b14-7+/t23?,25-,26+,28+/m1/s1. The van der Waals surface area contributed by atoms with Crippen LogP contribution in [0.4, 0.5) is 5.69 Å². The monoisotopic (exact) mass is 608 g/mol. The molecule has 0 radical (unpaired) electrons. The molecule has 3 aromatic rings. The zero-order valence-corrected chi connectivity index (χ0v) is 22.6. The highest BCUT2D eigenvalue weighted by atomic mass is 79.9. The third-order valence-corrected chi connectivity index (χ3v) is 9.49. The summed E-state index contributed by atoms with van der Waals surface area (Å²) in [5.41, 5.74) is 2.73. The van der Waals surface area contributed by atoms with Gasteiger partial charge in [-0.1, -0.05) is 80.4 Å². The molecule has 1 spiro atoms. The van der Waals surface area contributed by atoms with Gasteiger partial charge in [0.05, 0.1) is 5.92 Å². The van der Waals surface area contributed by atoms with Crippen molar-refractivity contribution in [1.29, 1.82) is 0 Å². The van der Waals surface area contributed by atoms with E-state index in [1.165, 1.54) is 0 Å². The van der Waals surface area contributed by atoms with Crippen molar-refractivity contribution in [3.05, 3.63) is 105 Å². The van der Waals surface area contributed by atoms with Gasteiger partial charge in [-0.05, 0) is 47.5 Å². The van der Waals surface area contributed by atoms with E-state index in [2.05, 4.69) is 54.2 Å². The molecule has 0 aromatic heterocycles. The molecule has 2 fully saturated rings. The van der Waals surface area contributed by atoms with E-state index in [-0.39, 0.29) is 23.7 Å². The first-order valence-corrected chi connectivity index (χ1v) is 14.2. The molecule has 0 aliphatic carbocycles. The minimum Gasteiger partial charge on any atom is -0.324 e. The summed E-state index contributed by atoms with van der Waals surface area (Å²) in [5.74, 6) is 0.855. The van der Waals surface area contributed by atoms with Crippen molar-refractivity contribution in [3.8, 4) is 0 Å². The Kier molecular flexibility index (Phi) is 6.00. The number of carbonyl (C=O) groups is 2. The number of benzene rings is 3. The van der Waals surface area contributed by atoms with E-state index in [1.807, 2.05) is 78.5 Å². The van der Waals surface area contributed by atoms with Gasteiger partial charge < -0.3 is 5.32 Å². The fourth-order valence-corrected chi connectivity index (χ4v) is 7.83. The molecule has 35 heavy (non-hydrogen) atoms. The fourth-order valence-electron chi connectivity index (χ4n) is 5.98. The number of halogens is 2. The summed E-state index contributed by atoms with van der Waals surface area (Å²) in [6.45, 7) is 0. The summed E-state index contributed by atoms with van der Waals surface area (Å²) in [7, 11) is 0. The molecule has 2 saturated heterocycles. The predicted molar refractivity (Wildman–Crippen MR) is 148 cm³/mol. The summed E-state index contributed by atoms with van der Waals surface area (Å²) in [4.78, 5) is 30.4. The molecule has 1 N–H and O–H groups in total. The van der Waals surface area contributed by atoms with Crippen LogP contribution < -0.4 is 5.32 Å². The van der Waals surface area contributed by atoms with E-state index < -0.39 is 11.5 Å².